The van der Waals surface area contributed by atoms with Crippen LogP contribution >= 0.6 is 23.5 Å². The van der Waals surface area contributed by atoms with E-state index in [4.69, 9.17) is 4.74 Å². The number of fused-ring (bicyclic) bond motifs is 1. The predicted octanol–water partition coefficient (Wildman–Crippen LogP) is 4.24. The van der Waals surface area contributed by atoms with Crippen LogP contribution in [0, 0.1) is 0 Å². The summed E-state index contributed by atoms with van der Waals surface area (Å²) < 4.78 is 7.27. The number of benzene rings is 1. The Morgan fingerprint density at radius 1 is 1.32 bits per heavy atom. The van der Waals surface area contributed by atoms with E-state index in [2.05, 4.69) is 20.9 Å². The first-order chi connectivity index (χ1) is 13.4. The quantitative estimate of drug-likeness (QED) is 0.724. The lowest BCUT2D eigenvalue weighted by Crippen LogP contribution is -2.37. The van der Waals surface area contributed by atoms with Crippen LogP contribution in [0.15, 0.2) is 40.9 Å². The summed E-state index contributed by atoms with van der Waals surface area (Å²) >= 11 is 3.21. The molecule has 1 aromatic carbocycles. The fourth-order valence-corrected chi connectivity index (χ4v) is 3.86. The molecule has 9 heteroatoms. The fraction of sp³-hybridized carbons (Fsp3) is 0.421. The maximum Gasteiger partial charge on any atom is 0.408 e. The normalized spacial score (nSPS) is 14.5. The first kappa shape index (κ1) is 20.6. The van der Waals surface area contributed by atoms with Crippen LogP contribution in [0.5, 0.6) is 0 Å². The minimum Gasteiger partial charge on any atom is -0.444 e. The highest BCUT2D eigenvalue weighted by atomic mass is 32.2. The topological polar surface area (TPSA) is 81.1 Å². The van der Waals surface area contributed by atoms with Gasteiger partial charge in [0.05, 0.1) is 11.7 Å². The van der Waals surface area contributed by atoms with E-state index in [0.717, 1.165) is 28.6 Å². The van der Waals surface area contributed by atoms with Crippen LogP contribution in [0.2, 0.25) is 0 Å². The van der Waals surface area contributed by atoms with Gasteiger partial charge in [-0.2, -0.15) is 11.8 Å². The molecule has 7 nitrogen and oxygen atoms in total. The summed E-state index contributed by atoms with van der Waals surface area (Å²) in [4.78, 5) is 12.3. The number of carbonyl (C=O) groups is 1. The van der Waals surface area contributed by atoms with Gasteiger partial charge < -0.3 is 10.1 Å². The molecule has 0 bridgehead atoms. The van der Waals surface area contributed by atoms with Gasteiger partial charge in [-0.1, -0.05) is 42.1 Å². The predicted molar refractivity (Wildman–Crippen MR) is 115 cm³/mol. The van der Waals surface area contributed by atoms with Crippen LogP contribution < -0.4 is 10.7 Å². The third-order valence-electron chi connectivity index (χ3n) is 3.87. The fourth-order valence-electron chi connectivity index (χ4n) is 2.65. The smallest absolute Gasteiger partial charge is 0.408 e. The van der Waals surface area contributed by atoms with Gasteiger partial charge in [-0.15, -0.1) is 10.2 Å². The Labute approximate surface area is 173 Å². The van der Waals surface area contributed by atoms with Crippen LogP contribution in [0.1, 0.15) is 44.6 Å². The van der Waals surface area contributed by atoms with Crippen molar-refractivity contribution >= 4 is 35.3 Å². The van der Waals surface area contributed by atoms with Gasteiger partial charge in [0.25, 0.3) is 0 Å². The molecule has 150 valence electrons. The van der Waals surface area contributed by atoms with E-state index in [-0.39, 0.29) is 6.04 Å². The third kappa shape index (κ3) is 5.23. The van der Waals surface area contributed by atoms with Crippen molar-refractivity contribution in [1.82, 2.24) is 20.2 Å². The van der Waals surface area contributed by atoms with Gasteiger partial charge in [0.15, 0.2) is 5.82 Å². The number of amides is 1. The van der Waals surface area contributed by atoms with Gasteiger partial charge in [-0.25, -0.2) is 9.47 Å². The second-order valence-electron chi connectivity index (χ2n) is 7.28. The van der Waals surface area contributed by atoms with Crippen molar-refractivity contribution in [2.45, 2.75) is 44.0 Å². The number of ether oxygens (including phenoxy) is 1. The van der Waals surface area contributed by atoms with E-state index < -0.39 is 11.7 Å². The number of carbonyl (C=O) groups excluding carboxylic acids is 1. The van der Waals surface area contributed by atoms with Crippen molar-refractivity contribution in [2.75, 3.05) is 17.4 Å². The number of nitrogens with zero attached hydrogens (tertiary/aromatic N) is 3. The Hall–Kier alpha value is -2.13. The molecule has 2 aromatic rings. The molecule has 1 aliphatic rings. The van der Waals surface area contributed by atoms with Crippen LogP contribution in [0.3, 0.4) is 0 Å². The van der Waals surface area contributed by atoms with E-state index in [1.807, 2.05) is 67.4 Å². The zero-order valence-electron chi connectivity index (χ0n) is 16.4. The Morgan fingerprint density at radius 3 is 2.75 bits per heavy atom. The Balaban J connectivity index is 1.81. The van der Waals surface area contributed by atoms with Gasteiger partial charge in [0.2, 0.25) is 5.16 Å². The number of rotatable bonds is 6. The third-order valence-corrected chi connectivity index (χ3v) is 5.34. The van der Waals surface area contributed by atoms with E-state index in [1.54, 1.807) is 11.8 Å². The van der Waals surface area contributed by atoms with Gasteiger partial charge in [-0.3, -0.25) is 5.43 Å². The molecule has 28 heavy (non-hydrogen) atoms. The largest absolute Gasteiger partial charge is 0.444 e. The van der Waals surface area contributed by atoms with Gasteiger partial charge >= 0.3 is 6.09 Å². The number of alkyl carbamates (subject to hydrolysis) is 1. The summed E-state index contributed by atoms with van der Waals surface area (Å²) in [5.74, 6) is 1.53. The second kappa shape index (κ2) is 8.91. The SMILES string of the molecule is CSCC[C@H](NC(=O)OC(C)(C)C)c1nnc2n1NC(c1ccccc1)=CS2. The van der Waals surface area contributed by atoms with Crippen molar-refractivity contribution in [3.05, 3.63) is 47.1 Å². The van der Waals surface area contributed by atoms with E-state index in [9.17, 15) is 4.79 Å². The number of hydrogen-bond donors (Lipinski definition) is 2. The lowest BCUT2D eigenvalue weighted by molar-refractivity contribution is 0.0499. The van der Waals surface area contributed by atoms with Crippen molar-refractivity contribution in [2.24, 2.45) is 0 Å². The Morgan fingerprint density at radius 2 is 2.07 bits per heavy atom. The van der Waals surface area contributed by atoms with Crippen LogP contribution in [-0.2, 0) is 4.74 Å². The number of thioether (sulfide) groups is 2. The maximum atomic E-state index is 12.3. The lowest BCUT2D eigenvalue weighted by atomic mass is 10.2. The first-order valence-corrected chi connectivity index (χ1v) is 11.3. The molecule has 0 radical (unpaired) electrons. The standard InChI is InChI=1S/C19H25N5O2S2/c1-19(2,3)26-18(25)20-14(10-11-27-4)16-21-22-17-24(16)23-15(12-28-17)13-8-6-5-7-9-13/h5-9,12,14,23H,10-11H2,1-4H3,(H,20,25)/t14-/m0/s1. The lowest BCUT2D eigenvalue weighted by Gasteiger charge is -2.25. The molecule has 0 unspecified atom stereocenters. The minimum absolute atomic E-state index is 0.313. The molecule has 0 fully saturated rings. The highest BCUT2D eigenvalue weighted by Gasteiger charge is 2.27. The van der Waals surface area contributed by atoms with Crippen LogP contribution in [0.4, 0.5) is 4.79 Å². The average molecular weight is 420 g/mol. The summed E-state index contributed by atoms with van der Waals surface area (Å²) in [6.45, 7) is 5.53. The van der Waals surface area contributed by atoms with Crippen LogP contribution in [0.25, 0.3) is 5.70 Å². The average Bonchev–Trinajstić information content (AvgIpc) is 3.07. The highest BCUT2D eigenvalue weighted by Crippen LogP contribution is 2.30. The monoisotopic (exact) mass is 419 g/mol. The number of hydrogen-bond acceptors (Lipinski definition) is 7. The minimum atomic E-state index is -0.560. The number of nitrogens with one attached hydrogen (secondary N) is 2. The maximum absolute atomic E-state index is 12.3. The summed E-state index contributed by atoms with van der Waals surface area (Å²) in [6.07, 6.45) is 2.29. The summed E-state index contributed by atoms with van der Waals surface area (Å²) in [7, 11) is 0. The molecule has 1 atom stereocenters. The highest BCUT2D eigenvalue weighted by molar-refractivity contribution is 8.02. The molecular weight excluding hydrogens is 394 g/mol. The molecule has 0 spiro atoms. The Bertz CT molecular complexity index is 846. The summed E-state index contributed by atoms with van der Waals surface area (Å²) in [6, 6.07) is 9.75. The zero-order valence-corrected chi connectivity index (χ0v) is 18.1. The van der Waals surface area contributed by atoms with E-state index in [1.165, 1.54) is 11.8 Å². The van der Waals surface area contributed by atoms with Crippen LogP contribution in [-0.4, -0.2) is 38.6 Å². The second-order valence-corrected chi connectivity index (χ2v) is 9.11. The molecule has 2 N–H and O–H groups in total. The molecule has 0 saturated carbocycles. The van der Waals surface area contributed by atoms with Gasteiger partial charge in [0.1, 0.15) is 5.60 Å². The molecule has 0 aliphatic carbocycles. The Kier molecular flexibility index (Phi) is 6.56. The number of aromatic nitrogens is 3. The van der Waals surface area contributed by atoms with Gasteiger partial charge in [0, 0.05) is 5.41 Å². The molecule has 1 amide bonds. The van der Waals surface area contributed by atoms with Gasteiger partial charge in [-0.05, 0) is 44.8 Å². The molecule has 2 heterocycles. The van der Waals surface area contributed by atoms with Crippen molar-refractivity contribution in [3.8, 4) is 0 Å². The molecule has 1 aromatic heterocycles. The van der Waals surface area contributed by atoms with Crippen molar-refractivity contribution < 1.29 is 9.53 Å². The zero-order chi connectivity index (χ0) is 20.1. The van der Waals surface area contributed by atoms with Crippen molar-refractivity contribution in [1.29, 1.82) is 0 Å². The molecule has 0 saturated heterocycles. The van der Waals surface area contributed by atoms with Crippen molar-refractivity contribution in [3.63, 3.8) is 0 Å². The van der Waals surface area contributed by atoms with E-state index >= 15 is 0 Å². The molecule has 1 aliphatic heterocycles. The first-order valence-electron chi connectivity index (χ1n) is 9.00. The molecular formula is C19H25N5O2S2. The summed E-state index contributed by atoms with van der Waals surface area (Å²) in [5.41, 5.74) is 4.84. The summed E-state index contributed by atoms with van der Waals surface area (Å²) in [5, 5.41) is 14.3. The molecule has 3 rings (SSSR count). The van der Waals surface area contributed by atoms with E-state index in [0.29, 0.717) is 5.82 Å².